The highest BCUT2D eigenvalue weighted by molar-refractivity contribution is 8.13. The van der Waals surface area contributed by atoms with Gasteiger partial charge in [0.15, 0.2) is 5.12 Å². The standard InChI is InChI=1S/C21H24O3S/c1-15(2)21(17-11-7-4-8-12-17)25-20(24)14-18(13-19(22)23)16-9-5-3-6-10-16/h3-12,15,18,21H,13-14H2,1-2H3,(H,22,23)/t18-,21+/m1/s1. The van der Waals surface area contributed by atoms with Crippen LogP contribution in [0.5, 0.6) is 0 Å². The van der Waals surface area contributed by atoms with E-state index in [4.69, 9.17) is 0 Å². The number of carbonyl (C=O) groups excluding carboxylic acids is 1. The Balaban J connectivity index is 2.10. The van der Waals surface area contributed by atoms with Crippen LogP contribution in [-0.2, 0) is 9.59 Å². The maximum atomic E-state index is 12.7. The molecule has 132 valence electrons. The molecule has 2 aromatic carbocycles. The Morgan fingerprint density at radius 2 is 1.40 bits per heavy atom. The third-order valence-corrected chi connectivity index (χ3v) is 5.60. The number of hydrogen-bond acceptors (Lipinski definition) is 3. The Morgan fingerprint density at radius 3 is 1.88 bits per heavy atom. The first-order valence-electron chi connectivity index (χ1n) is 8.48. The smallest absolute Gasteiger partial charge is 0.303 e. The molecule has 0 aliphatic rings. The van der Waals surface area contributed by atoms with Gasteiger partial charge in [0.1, 0.15) is 0 Å². The molecule has 0 saturated carbocycles. The second kappa shape index (κ2) is 9.42. The van der Waals surface area contributed by atoms with Crippen molar-refractivity contribution in [3.05, 3.63) is 71.8 Å². The molecule has 3 nitrogen and oxygen atoms in total. The van der Waals surface area contributed by atoms with Crippen LogP contribution in [0.1, 0.15) is 49.0 Å². The fraction of sp³-hybridized carbons (Fsp3) is 0.333. The van der Waals surface area contributed by atoms with E-state index in [-0.39, 0.29) is 29.1 Å². The summed E-state index contributed by atoms with van der Waals surface area (Å²) >= 11 is 1.32. The zero-order chi connectivity index (χ0) is 18.2. The predicted octanol–water partition coefficient (Wildman–Crippen LogP) is 5.29. The number of carboxylic acids is 1. The summed E-state index contributed by atoms with van der Waals surface area (Å²) in [6, 6.07) is 19.4. The van der Waals surface area contributed by atoms with Crippen molar-refractivity contribution in [3.8, 4) is 0 Å². The molecule has 0 aliphatic heterocycles. The Kier molecular flexibility index (Phi) is 7.26. The lowest BCUT2D eigenvalue weighted by Gasteiger charge is -2.21. The summed E-state index contributed by atoms with van der Waals surface area (Å²) in [6.45, 7) is 4.20. The lowest BCUT2D eigenvalue weighted by Crippen LogP contribution is -2.12. The molecule has 4 heteroatoms. The van der Waals surface area contributed by atoms with Gasteiger partial charge in [-0.2, -0.15) is 0 Å². The van der Waals surface area contributed by atoms with Gasteiger partial charge >= 0.3 is 5.97 Å². The summed E-state index contributed by atoms with van der Waals surface area (Å²) in [6.07, 6.45) is 0.199. The summed E-state index contributed by atoms with van der Waals surface area (Å²) in [7, 11) is 0. The molecule has 0 bridgehead atoms. The summed E-state index contributed by atoms with van der Waals surface area (Å²) in [5.41, 5.74) is 2.03. The monoisotopic (exact) mass is 356 g/mol. The second-order valence-electron chi connectivity index (χ2n) is 6.47. The van der Waals surface area contributed by atoms with Crippen molar-refractivity contribution in [3.63, 3.8) is 0 Å². The molecule has 0 unspecified atom stereocenters. The molecule has 2 rings (SSSR count). The van der Waals surface area contributed by atoms with Crippen LogP contribution in [0.15, 0.2) is 60.7 Å². The van der Waals surface area contributed by atoms with E-state index in [9.17, 15) is 14.7 Å². The van der Waals surface area contributed by atoms with Crippen LogP contribution in [-0.4, -0.2) is 16.2 Å². The molecular weight excluding hydrogens is 332 g/mol. The molecule has 0 spiro atoms. The third-order valence-electron chi connectivity index (χ3n) is 4.10. The van der Waals surface area contributed by atoms with Crippen LogP contribution in [0.4, 0.5) is 0 Å². The minimum atomic E-state index is -0.880. The molecular formula is C21H24O3S. The first-order chi connectivity index (χ1) is 12.0. The molecule has 2 aromatic rings. The van der Waals surface area contributed by atoms with E-state index in [1.54, 1.807) is 0 Å². The van der Waals surface area contributed by atoms with Crippen LogP contribution < -0.4 is 0 Å². The van der Waals surface area contributed by atoms with Gasteiger partial charge < -0.3 is 5.11 Å². The Hall–Kier alpha value is -2.07. The zero-order valence-corrected chi connectivity index (χ0v) is 15.4. The normalized spacial score (nSPS) is 13.4. The average molecular weight is 356 g/mol. The molecule has 0 amide bonds. The summed E-state index contributed by atoms with van der Waals surface area (Å²) < 4.78 is 0. The quantitative estimate of drug-likeness (QED) is 0.698. The Morgan fingerprint density at radius 1 is 0.880 bits per heavy atom. The number of benzene rings is 2. The minimum absolute atomic E-state index is 0.0337. The molecule has 0 heterocycles. The van der Waals surface area contributed by atoms with Crippen LogP contribution >= 0.6 is 11.8 Å². The van der Waals surface area contributed by atoms with E-state index in [1.165, 1.54) is 11.8 Å². The van der Waals surface area contributed by atoms with Crippen molar-refractivity contribution in [2.24, 2.45) is 5.92 Å². The van der Waals surface area contributed by atoms with Crippen molar-refractivity contribution in [1.82, 2.24) is 0 Å². The average Bonchev–Trinajstić information content (AvgIpc) is 2.60. The topological polar surface area (TPSA) is 54.4 Å². The molecule has 0 fully saturated rings. The largest absolute Gasteiger partial charge is 0.481 e. The highest BCUT2D eigenvalue weighted by Gasteiger charge is 2.24. The fourth-order valence-corrected chi connectivity index (χ4v) is 4.01. The van der Waals surface area contributed by atoms with E-state index >= 15 is 0 Å². The van der Waals surface area contributed by atoms with Crippen molar-refractivity contribution in [2.45, 2.75) is 37.9 Å². The predicted molar refractivity (Wildman–Crippen MR) is 103 cm³/mol. The van der Waals surface area contributed by atoms with Gasteiger partial charge in [-0.1, -0.05) is 86.3 Å². The summed E-state index contributed by atoms with van der Waals surface area (Å²) in [5.74, 6) is -0.858. The fourth-order valence-electron chi connectivity index (χ4n) is 2.87. The van der Waals surface area contributed by atoms with Gasteiger partial charge in [-0.15, -0.1) is 0 Å². The number of hydrogen-bond donors (Lipinski definition) is 1. The van der Waals surface area contributed by atoms with Crippen molar-refractivity contribution in [2.75, 3.05) is 0 Å². The van der Waals surface area contributed by atoms with Crippen LogP contribution in [0.25, 0.3) is 0 Å². The number of carboxylic acid groups (broad SMARTS) is 1. The summed E-state index contributed by atoms with van der Waals surface area (Å²) in [5, 5.41) is 9.31. The lowest BCUT2D eigenvalue weighted by molar-refractivity contribution is -0.137. The first-order valence-corrected chi connectivity index (χ1v) is 9.36. The minimum Gasteiger partial charge on any atom is -0.481 e. The van der Waals surface area contributed by atoms with Crippen LogP contribution in [0, 0.1) is 5.92 Å². The zero-order valence-electron chi connectivity index (χ0n) is 14.6. The number of carbonyl (C=O) groups is 2. The van der Waals surface area contributed by atoms with E-state index < -0.39 is 5.97 Å². The Bertz CT molecular complexity index is 683. The second-order valence-corrected chi connectivity index (χ2v) is 7.67. The molecule has 25 heavy (non-hydrogen) atoms. The molecule has 0 radical (unpaired) electrons. The van der Waals surface area contributed by atoms with Gasteiger partial charge in [0.25, 0.3) is 0 Å². The third kappa shape index (κ3) is 6.05. The van der Waals surface area contributed by atoms with Crippen LogP contribution in [0.2, 0.25) is 0 Å². The molecule has 1 N–H and O–H groups in total. The van der Waals surface area contributed by atoms with E-state index in [2.05, 4.69) is 13.8 Å². The van der Waals surface area contributed by atoms with Crippen molar-refractivity contribution in [1.29, 1.82) is 0 Å². The molecule has 0 aliphatic carbocycles. The molecule has 0 saturated heterocycles. The maximum Gasteiger partial charge on any atom is 0.303 e. The number of aliphatic carboxylic acids is 1. The van der Waals surface area contributed by atoms with Gasteiger partial charge in [-0.05, 0) is 17.0 Å². The highest BCUT2D eigenvalue weighted by Crippen LogP contribution is 2.38. The Labute approximate surface area is 153 Å². The SMILES string of the molecule is CC(C)[C@H](SC(=O)C[C@@H](CC(=O)O)c1ccccc1)c1ccccc1. The van der Waals surface area contributed by atoms with E-state index in [0.717, 1.165) is 11.1 Å². The van der Waals surface area contributed by atoms with Gasteiger partial charge in [-0.25, -0.2) is 0 Å². The molecule has 2 atom stereocenters. The van der Waals surface area contributed by atoms with E-state index in [0.29, 0.717) is 5.92 Å². The van der Waals surface area contributed by atoms with Crippen molar-refractivity contribution >= 4 is 22.8 Å². The summed E-state index contributed by atoms with van der Waals surface area (Å²) in [4.78, 5) is 23.9. The maximum absolute atomic E-state index is 12.7. The highest BCUT2D eigenvalue weighted by atomic mass is 32.2. The number of rotatable bonds is 8. The van der Waals surface area contributed by atoms with Crippen LogP contribution in [0.3, 0.4) is 0 Å². The van der Waals surface area contributed by atoms with Gasteiger partial charge in [0.05, 0.1) is 6.42 Å². The lowest BCUT2D eigenvalue weighted by atomic mass is 9.93. The molecule has 0 aromatic heterocycles. The van der Waals surface area contributed by atoms with Gasteiger partial charge in [0.2, 0.25) is 0 Å². The van der Waals surface area contributed by atoms with E-state index in [1.807, 2.05) is 60.7 Å². The van der Waals surface area contributed by atoms with Gasteiger partial charge in [0, 0.05) is 17.6 Å². The van der Waals surface area contributed by atoms with Crippen molar-refractivity contribution < 1.29 is 14.7 Å². The number of thioether (sulfide) groups is 1. The first kappa shape index (κ1) is 19.3. The van der Waals surface area contributed by atoms with Gasteiger partial charge in [-0.3, -0.25) is 9.59 Å².